The van der Waals surface area contributed by atoms with Crippen LogP contribution in [0.1, 0.15) is 12.1 Å². The van der Waals surface area contributed by atoms with Gasteiger partial charge < -0.3 is 15.8 Å². The molecule has 0 amide bonds. The molecule has 0 spiro atoms. The summed E-state index contributed by atoms with van der Waals surface area (Å²) in [5, 5.41) is 10.3. The van der Waals surface area contributed by atoms with E-state index >= 15 is 0 Å². The Morgan fingerprint density at radius 3 is 3.07 bits per heavy atom. The molecule has 14 heavy (non-hydrogen) atoms. The molecule has 0 aliphatic heterocycles. The minimum Gasteiger partial charge on any atom is -0.397 e. The average Bonchev–Trinajstić information content (AvgIpc) is 2.60. The third-order valence-electron chi connectivity index (χ3n) is 1.61. The van der Waals surface area contributed by atoms with Gasteiger partial charge in [0.15, 0.2) is 11.5 Å². The van der Waals surface area contributed by atoms with Gasteiger partial charge in [-0.15, -0.1) is 0 Å². The van der Waals surface area contributed by atoms with Crippen LogP contribution in [0.5, 0.6) is 0 Å². The molecule has 78 valence electrons. The van der Waals surface area contributed by atoms with Gasteiger partial charge in [0, 0.05) is 20.3 Å². The molecule has 0 unspecified atom stereocenters. The van der Waals surface area contributed by atoms with Crippen molar-refractivity contribution < 1.29 is 9.37 Å². The van der Waals surface area contributed by atoms with E-state index in [2.05, 4.69) is 26.8 Å². The van der Waals surface area contributed by atoms with Crippen molar-refractivity contribution in [2.45, 2.75) is 6.42 Å². The fourth-order valence-corrected chi connectivity index (χ4v) is 0.939. The van der Waals surface area contributed by atoms with Crippen molar-refractivity contribution in [3.8, 4) is 0 Å². The van der Waals surface area contributed by atoms with E-state index in [9.17, 15) is 0 Å². The number of ether oxygens (including phenoxy) is 1. The minimum absolute atomic E-state index is 0.334. The molecule has 0 aliphatic carbocycles. The summed E-state index contributed by atoms with van der Waals surface area (Å²) in [5.41, 5.74) is 6.26. The number of aromatic nitrogens is 2. The van der Waals surface area contributed by atoms with Gasteiger partial charge in [-0.2, -0.15) is 0 Å². The second-order valence-corrected chi connectivity index (χ2v) is 2.76. The first-order valence-corrected chi connectivity index (χ1v) is 4.26. The van der Waals surface area contributed by atoms with Gasteiger partial charge in [0.25, 0.3) is 0 Å². The van der Waals surface area contributed by atoms with Crippen LogP contribution in [-0.2, 0) is 4.74 Å². The van der Waals surface area contributed by atoms with Crippen LogP contribution in [0.2, 0.25) is 0 Å². The molecule has 0 aliphatic rings. The second-order valence-electron chi connectivity index (χ2n) is 2.76. The maximum Gasteiger partial charge on any atom is 0.200 e. The largest absolute Gasteiger partial charge is 0.397 e. The number of hydrogen-bond acceptors (Lipinski definition) is 6. The first kappa shape index (κ1) is 10.5. The maximum atomic E-state index is 5.47. The monoisotopic (exact) mass is 198 g/mol. The molecule has 0 atom stereocenters. The predicted octanol–water partition coefficient (Wildman–Crippen LogP) is 0.447. The topological polar surface area (TPSA) is 86.2 Å². The third-order valence-corrected chi connectivity index (χ3v) is 1.61. The molecule has 6 heteroatoms. The minimum atomic E-state index is 0.334. The van der Waals surface area contributed by atoms with Crippen LogP contribution in [0.25, 0.3) is 5.70 Å². The van der Waals surface area contributed by atoms with Gasteiger partial charge >= 0.3 is 0 Å². The van der Waals surface area contributed by atoms with E-state index in [1.807, 2.05) is 0 Å². The number of nitrogens with zero attached hydrogens (tertiary/aromatic N) is 2. The van der Waals surface area contributed by atoms with E-state index < -0.39 is 0 Å². The van der Waals surface area contributed by atoms with E-state index in [1.54, 1.807) is 7.11 Å². The summed E-state index contributed by atoms with van der Waals surface area (Å²) < 4.78 is 9.43. The normalized spacial score (nSPS) is 10.1. The average molecular weight is 198 g/mol. The fourth-order valence-electron chi connectivity index (χ4n) is 0.939. The van der Waals surface area contributed by atoms with E-state index in [0.29, 0.717) is 23.8 Å². The zero-order valence-electron chi connectivity index (χ0n) is 8.12. The van der Waals surface area contributed by atoms with Crippen molar-refractivity contribution in [3.05, 3.63) is 12.3 Å². The first-order valence-electron chi connectivity index (χ1n) is 4.26. The van der Waals surface area contributed by atoms with Gasteiger partial charge in [0.05, 0.1) is 5.70 Å². The van der Waals surface area contributed by atoms with Gasteiger partial charge in [-0.05, 0) is 16.7 Å². The Hall–Kier alpha value is -1.56. The van der Waals surface area contributed by atoms with E-state index in [1.165, 1.54) is 0 Å². The van der Waals surface area contributed by atoms with Crippen molar-refractivity contribution in [2.75, 3.05) is 25.6 Å². The lowest BCUT2D eigenvalue weighted by Crippen LogP contribution is -2.07. The lowest BCUT2D eigenvalue weighted by Gasteiger charge is -2.02. The molecule has 3 N–H and O–H groups in total. The molecule has 0 bridgehead atoms. The van der Waals surface area contributed by atoms with Gasteiger partial charge in [0.1, 0.15) is 0 Å². The molecule has 0 aromatic carbocycles. The van der Waals surface area contributed by atoms with Crippen LogP contribution >= 0.6 is 0 Å². The van der Waals surface area contributed by atoms with Crippen LogP contribution in [0.15, 0.2) is 11.2 Å². The number of methoxy groups -OCH3 is 1. The lowest BCUT2D eigenvalue weighted by molar-refractivity contribution is 0.197. The summed E-state index contributed by atoms with van der Waals surface area (Å²) in [7, 11) is 1.66. The highest BCUT2D eigenvalue weighted by Crippen LogP contribution is 2.13. The van der Waals surface area contributed by atoms with Crippen LogP contribution in [0.4, 0.5) is 5.82 Å². The summed E-state index contributed by atoms with van der Waals surface area (Å²) in [5.74, 6) is 0.522. The maximum absolute atomic E-state index is 5.47. The molecule has 0 saturated heterocycles. The molecular formula is C8H14N4O2. The molecule has 1 aromatic rings. The summed E-state index contributed by atoms with van der Waals surface area (Å²) in [6, 6.07) is 0. The molecular weight excluding hydrogens is 184 g/mol. The predicted molar refractivity (Wildman–Crippen MR) is 52.5 cm³/mol. The van der Waals surface area contributed by atoms with E-state index in [4.69, 9.17) is 10.5 Å². The van der Waals surface area contributed by atoms with Gasteiger partial charge in [0.2, 0.25) is 0 Å². The highest BCUT2D eigenvalue weighted by molar-refractivity contribution is 5.66. The van der Waals surface area contributed by atoms with Crippen LogP contribution in [-0.4, -0.2) is 30.6 Å². The summed E-state index contributed by atoms with van der Waals surface area (Å²) >= 11 is 0. The molecule has 0 fully saturated rings. The first-order chi connectivity index (χ1) is 6.75. The third kappa shape index (κ3) is 2.74. The van der Waals surface area contributed by atoms with Crippen molar-refractivity contribution >= 4 is 11.5 Å². The van der Waals surface area contributed by atoms with Gasteiger partial charge in [-0.1, -0.05) is 6.58 Å². The fraction of sp³-hybridized carbons (Fsp3) is 0.500. The quantitative estimate of drug-likeness (QED) is 0.645. The Morgan fingerprint density at radius 1 is 1.64 bits per heavy atom. The molecule has 1 rings (SSSR count). The van der Waals surface area contributed by atoms with Crippen LogP contribution in [0.3, 0.4) is 0 Å². The Bertz CT molecular complexity index is 297. The number of anilines is 1. The van der Waals surface area contributed by atoms with Gasteiger partial charge in [-0.25, -0.2) is 4.63 Å². The highest BCUT2D eigenvalue weighted by atomic mass is 16.6. The molecule has 1 aromatic heterocycles. The highest BCUT2D eigenvalue weighted by Gasteiger charge is 2.09. The molecule has 0 radical (unpaired) electrons. The number of hydrogen-bond donors (Lipinski definition) is 2. The zero-order valence-corrected chi connectivity index (χ0v) is 8.12. The second kappa shape index (κ2) is 5.23. The van der Waals surface area contributed by atoms with Crippen molar-refractivity contribution in [1.82, 2.24) is 10.3 Å². The molecule has 0 saturated carbocycles. The standard InChI is InChI=1S/C8H14N4O2/c1-6(9)7-8(12-14-11-7)10-4-3-5-13-2/h1,3-5,9H2,2H3,(H,10,12). The lowest BCUT2D eigenvalue weighted by atomic mass is 10.3. The van der Waals surface area contributed by atoms with Gasteiger partial charge in [-0.3, -0.25) is 0 Å². The smallest absolute Gasteiger partial charge is 0.200 e. The Labute approximate surface area is 82.1 Å². The summed E-state index contributed by atoms with van der Waals surface area (Å²) in [4.78, 5) is 0. The Morgan fingerprint density at radius 2 is 2.43 bits per heavy atom. The van der Waals surface area contributed by atoms with Crippen LogP contribution in [0, 0.1) is 0 Å². The van der Waals surface area contributed by atoms with Crippen molar-refractivity contribution in [3.63, 3.8) is 0 Å². The summed E-state index contributed by atoms with van der Waals surface area (Å²) in [6.45, 7) is 4.97. The van der Waals surface area contributed by atoms with E-state index in [0.717, 1.165) is 13.0 Å². The van der Waals surface area contributed by atoms with Crippen molar-refractivity contribution in [2.24, 2.45) is 5.73 Å². The zero-order chi connectivity index (χ0) is 10.4. The Balaban J connectivity index is 2.42. The number of nitrogens with two attached hydrogens (primary N) is 1. The van der Waals surface area contributed by atoms with Crippen LogP contribution < -0.4 is 11.1 Å². The SMILES string of the molecule is C=C(N)c1nonc1NCCCOC. The molecule has 1 heterocycles. The summed E-state index contributed by atoms with van der Waals surface area (Å²) in [6.07, 6.45) is 0.875. The Kier molecular flexibility index (Phi) is 3.93. The number of rotatable bonds is 6. The number of nitrogens with one attached hydrogen (secondary N) is 1. The van der Waals surface area contributed by atoms with E-state index in [-0.39, 0.29) is 0 Å². The van der Waals surface area contributed by atoms with Crippen molar-refractivity contribution in [1.29, 1.82) is 0 Å². The molecule has 6 nitrogen and oxygen atoms in total.